The Labute approximate surface area is 157 Å². The van der Waals surface area contributed by atoms with Crippen molar-refractivity contribution in [2.75, 3.05) is 20.9 Å². The van der Waals surface area contributed by atoms with E-state index in [1.54, 1.807) is 0 Å². The molecule has 1 atom stereocenters. The maximum atomic E-state index is 13.5. The Bertz CT molecular complexity index is 874. The number of ether oxygens (including phenoxy) is 3. The van der Waals surface area contributed by atoms with Crippen molar-refractivity contribution in [2.45, 2.75) is 12.3 Å². The van der Waals surface area contributed by atoms with Crippen molar-refractivity contribution in [1.82, 2.24) is 9.88 Å². The zero-order valence-electron chi connectivity index (χ0n) is 14.2. The SMILES string of the molecule is CN(C)C(=O)OC(c1cnccc1C(F)(F)F)c1c(Cl)ccc2c1OCO2. The Balaban J connectivity index is 2.21. The van der Waals surface area contributed by atoms with E-state index in [2.05, 4.69) is 4.98 Å². The highest BCUT2D eigenvalue weighted by molar-refractivity contribution is 6.31. The van der Waals surface area contributed by atoms with Crippen LogP contribution in [0.25, 0.3) is 0 Å². The van der Waals surface area contributed by atoms with Gasteiger partial charge in [0.15, 0.2) is 17.6 Å². The predicted octanol–water partition coefficient (Wildman–Crippen LogP) is 4.27. The molecule has 1 aliphatic rings. The normalized spacial score (nSPS) is 14.0. The van der Waals surface area contributed by atoms with Gasteiger partial charge in [-0.2, -0.15) is 13.2 Å². The number of benzene rings is 1. The minimum absolute atomic E-state index is 0.0559. The van der Waals surface area contributed by atoms with Crippen LogP contribution in [0.2, 0.25) is 5.02 Å². The third-order valence-corrected chi connectivity index (χ3v) is 4.14. The number of alkyl halides is 3. The lowest BCUT2D eigenvalue weighted by Crippen LogP contribution is -2.26. The number of halogens is 4. The van der Waals surface area contributed by atoms with Gasteiger partial charge in [0.2, 0.25) is 6.79 Å². The van der Waals surface area contributed by atoms with E-state index in [9.17, 15) is 18.0 Å². The molecule has 2 aromatic rings. The molecule has 0 saturated carbocycles. The van der Waals surface area contributed by atoms with Crippen LogP contribution in [0.3, 0.4) is 0 Å². The fourth-order valence-electron chi connectivity index (χ4n) is 2.57. The van der Waals surface area contributed by atoms with Gasteiger partial charge >= 0.3 is 12.3 Å². The molecule has 1 amide bonds. The van der Waals surface area contributed by atoms with E-state index < -0.39 is 23.9 Å². The molecule has 0 fully saturated rings. The summed E-state index contributed by atoms with van der Waals surface area (Å²) >= 11 is 6.24. The molecule has 0 saturated heterocycles. The summed E-state index contributed by atoms with van der Waals surface area (Å²) < 4.78 is 56.6. The first-order valence-corrected chi connectivity index (χ1v) is 8.05. The van der Waals surface area contributed by atoms with Crippen molar-refractivity contribution in [3.63, 3.8) is 0 Å². The van der Waals surface area contributed by atoms with E-state index >= 15 is 0 Å². The van der Waals surface area contributed by atoms with Crippen molar-refractivity contribution in [2.24, 2.45) is 0 Å². The Kier molecular flexibility index (Phi) is 5.05. The summed E-state index contributed by atoms with van der Waals surface area (Å²) in [4.78, 5) is 17.0. The number of aromatic nitrogens is 1. The van der Waals surface area contributed by atoms with E-state index in [1.165, 1.54) is 26.2 Å². The van der Waals surface area contributed by atoms with Crippen LogP contribution in [-0.2, 0) is 10.9 Å². The molecular formula is C17H14ClF3N2O4. The number of rotatable bonds is 3. The quantitative estimate of drug-likeness (QED) is 0.767. The highest BCUT2D eigenvalue weighted by Crippen LogP contribution is 2.47. The van der Waals surface area contributed by atoms with Crippen LogP contribution in [-0.4, -0.2) is 36.9 Å². The fraction of sp³-hybridized carbons (Fsp3) is 0.294. The average molecular weight is 403 g/mol. The second kappa shape index (κ2) is 7.15. The Morgan fingerprint density at radius 2 is 2.04 bits per heavy atom. The van der Waals surface area contributed by atoms with Gasteiger partial charge in [-0.25, -0.2) is 4.79 Å². The second-order valence-corrected chi connectivity index (χ2v) is 6.22. The molecule has 1 aromatic carbocycles. The zero-order chi connectivity index (χ0) is 19.8. The Morgan fingerprint density at radius 1 is 1.30 bits per heavy atom. The van der Waals surface area contributed by atoms with Gasteiger partial charge in [-0.3, -0.25) is 4.98 Å². The average Bonchev–Trinajstić information content (AvgIpc) is 3.07. The number of hydrogen-bond donors (Lipinski definition) is 0. The van der Waals surface area contributed by atoms with Gasteiger partial charge in [0.25, 0.3) is 0 Å². The Hall–Kier alpha value is -2.68. The van der Waals surface area contributed by atoms with Gasteiger partial charge in [0.1, 0.15) is 0 Å². The summed E-state index contributed by atoms with van der Waals surface area (Å²) in [6.45, 7) is -0.129. The van der Waals surface area contributed by atoms with E-state index in [-0.39, 0.29) is 34.4 Å². The molecule has 10 heteroatoms. The lowest BCUT2D eigenvalue weighted by Gasteiger charge is -2.25. The van der Waals surface area contributed by atoms with Crippen LogP contribution in [0.5, 0.6) is 11.5 Å². The zero-order valence-corrected chi connectivity index (χ0v) is 15.0. The van der Waals surface area contributed by atoms with Crippen LogP contribution in [0.4, 0.5) is 18.0 Å². The van der Waals surface area contributed by atoms with E-state index in [0.29, 0.717) is 0 Å². The lowest BCUT2D eigenvalue weighted by atomic mass is 9.97. The summed E-state index contributed by atoms with van der Waals surface area (Å²) in [6.07, 6.45) is -5.06. The number of carbonyl (C=O) groups is 1. The van der Waals surface area contributed by atoms with Crippen molar-refractivity contribution < 1.29 is 32.2 Å². The van der Waals surface area contributed by atoms with Crippen molar-refractivity contribution >= 4 is 17.7 Å². The first-order valence-electron chi connectivity index (χ1n) is 7.67. The van der Waals surface area contributed by atoms with Gasteiger partial charge in [0.05, 0.1) is 16.1 Å². The molecule has 6 nitrogen and oxygen atoms in total. The molecule has 0 radical (unpaired) electrons. The highest BCUT2D eigenvalue weighted by atomic mass is 35.5. The minimum Gasteiger partial charge on any atom is -0.454 e. The number of carbonyl (C=O) groups excluding carboxylic acids is 1. The van der Waals surface area contributed by atoms with Crippen LogP contribution < -0.4 is 9.47 Å². The molecular weight excluding hydrogens is 389 g/mol. The van der Waals surface area contributed by atoms with Gasteiger partial charge in [-0.15, -0.1) is 0 Å². The van der Waals surface area contributed by atoms with Gasteiger partial charge in [-0.1, -0.05) is 11.6 Å². The van der Waals surface area contributed by atoms with Crippen molar-refractivity contribution in [3.05, 3.63) is 52.3 Å². The first kappa shape index (κ1) is 19.1. The first-order chi connectivity index (χ1) is 12.7. The summed E-state index contributed by atoms with van der Waals surface area (Å²) in [7, 11) is 2.81. The summed E-state index contributed by atoms with van der Waals surface area (Å²) in [5, 5.41) is 0.0628. The number of amides is 1. The maximum absolute atomic E-state index is 13.5. The molecule has 0 N–H and O–H groups in total. The molecule has 1 unspecified atom stereocenters. The fourth-order valence-corrected chi connectivity index (χ4v) is 2.82. The lowest BCUT2D eigenvalue weighted by molar-refractivity contribution is -0.139. The number of fused-ring (bicyclic) bond motifs is 1. The molecule has 3 rings (SSSR count). The summed E-state index contributed by atoms with van der Waals surface area (Å²) in [5.41, 5.74) is -1.31. The van der Waals surface area contributed by atoms with E-state index in [0.717, 1.165) is 23.4 Å². The third kappa shape index (κ3) is 3.73. The number of hydrogen-bond acceptors (Lipinski definition) is 5. The van der Waals surface area contributed by atoms with Crippen LogP contribution >= 0.6 is 11.6 Å². The molecule has 144 valence electrons. The highest BCUT2D eigenvalue weighted by Gasteiger charge is 2.39. The third-order valence-electron chi connectivity index (χ3n) is 3.81. The Morgan fingerprint density at radius 3 is 2.70 bits per heavy atom. The maximum Gasteiger partial charge on any atom is 0.416 e. The molecule has 0 spiro atoms. The van der Waals surface area contributed by atoms with Crippen LogP contribution in [0.1, 0.15) is 22.8 Å². The van der Waals surface area contributed by atoms with Gasteiger partial charge < -0.3 is 19.1 Å². The van der Waals surface area contributed by atoms with Gasteiger partial charge in [0, 0.05) is 32.1 Å². The van der Waals surface area contributed by atoms with Crippen LogP contribution in [0, 0.1) is 0 Å². The van der Waals surface area contributed by atoms with E-state index in [4.69, 9.17) is 25.8 Å². The van der Waals surface area contributed by atoms with Crippen molar-refractivity contribution in [1.29, 1.82) is 0 Å². The molecule has 2 heterocycles. The molecule has 0 bridgehead atoms. The number of nitrogens with zero attached hydrogens (tertiary/aromatic N) is 2. The monoisotopic (exact) mass is 402 g/mol. The predicted molar refractivity (Wildman–Crippen MR) is 88.8 cm³/mol. The summed E-state index contributed by atoms with van der Waals surface area (Å²) in [5.74, 6) is 0.411. The smallest absolute Gasteiger partial charge is 0.416 e. The van der Waals surface area contributed by atoms with Crippen molar-refractivity contribution in [3.8, 4) is 11.5 Å². The minimum atomic E-state index is -4.69. The van der Waals surface area contributed by atoms with Gasteiger partial charge in [-0.05, 0) is 18.2 Å². The standard InChI is InChI=1S/C17H14ClF3N2O4/c1-23(2)16(24)27-14(9-7-22-6-5-10(9)17(19,20)21)13-11(18)3-4-12-15(13)26-8-25-12/h3-7,14H,8H2,1-2H3. The molecule has 1 aromatic heterocycles. The second-order valence-electron chi connectivity index (χ2n) is 5.81. The van der Waals surface area contributed by atoms with Crippen LogP contribution in [0.15, 0.2) is 30.6 Å². The number of pyridine rings is 1. The topological polar surface area (TPSA) is 60.9 Å². The molecule has 0 aliphatic carbocycles. The summed E-state index contributed by atoms with van der Waals surface area (Å²) in [6, 6.07) is 3.76. The largest absolute Gasteiger partial charge is 0.454 e. The van der Waals surface area contributed by atoms with E-state index in [1.807, 2.05) is 0 Å². The molecule has 1 aliphatic heterocycles. The molecule has 27 heavy (non-hydrogen) atoms.